The summed E-state index contributed by atoms with van der Waals surface area (Å²) in [5.41, 5.74) is 0. The van der Waals surface area contributed by atoms with E-state index in [1.54, 1.807) is 0 Å². The Balaban J connectivity index is 2.15. The summed E-state index contributed by atoms with van der Waals surface area (Å²) in [6.45, 7) is 11.3. The van der Waals surface area contributed by atoms with Crippen LogP contribution in [0.4, 0.5) is 0 Å². The van der Waals surface area contributed by atoms with Crippen molar-refractivity contribution < 1.29 is 4.48 Å². The summed E-state index contributed by atoms with van der Waals surface area (Å²) in [5, 5.41) is 0. The van der Waals surface area contributed by atoms with Crippen molar-refractivity contribution in [3.8, 4) is 0 Å². The van der Waals surface area contributed by atoms with Crippen molar-refractivity contribution in [3.05, 3.63) is 0 Å². The molecule has 0 bridgehead atoms. The molecule has 2 nitrogen and oxygen atoms in total. The molecule has 2 heteroatoms. The van der Waals surface area contributed by atoms with Crippen LogP contribution >= 0.6 is 0 Å². The quantitative estimate of drug-likeness (QED) is 0.455. The maximum atomic E-state index is 2.66. The maximum Gasteiger partial charge on any atom is 0.135 e. The highest BCUT2D eigenvalue weighted by Crippen LogP contribution is 2.16. The summed E-state index contributed by atoms with van der Waals surface area (Å²) in [5.74, 6) is 0. The summed E-state index contributed by atoms with van der Waals surface area (Å²) in [4.78, 5) is 2.66. The van der Waals surface area contributed by atoms with E-state index in [9.17, 15) is 0 Å². The minimum Gasteiger partial charge on any atom is -0.312 e. The van der Waals surface area contributed by atoms with Gasteiger partial charge in [0.05, 0.1) is 26.7 Å². The van der Waals surface area contributed by atoms with E-state index in [0.717, 1.165) is 0 Å². The molecule has 0 N–H and O–H groups in total. The Labute approximate surface area is 102 Å². The first kappa shape index (κ1) is 14.0. The average molecular weight is 227 g/mol. The summed E-state index contributed by atoms with van der Waals surface area (Å²) in [7, 11) is 2.44. The van der Waals surface area contributed by atoms with Crippen LogP contribution in [-0.2, 0) is 0 Å². The number of likely N-dealkylation sites (N-methyl/N-ethyl adjacent to an activating group) is 1. The molecule has 1 unspecified atom stereocenters. The lowest BCUT2D eigenvalue weighted by Gasteiger charge is -2.29. The van der Waals surface area contributed by atoms with Gasteiger partial charge in [-0.05, 0) is 19.3 Å². The Hall–Kier alpha value is -0.0800. The van der Waals surface area contributed by atoms with Crippen LogP contribution in [0.25, 0.3) is 0 Å². The molecule has 0 aromatic rings. The lowest BCUT2D eigenvalue weighted by Crippen LogP contribution is -2.43. The van der Waals surface area contributed by atoms with Crippen LogP contribution in [0.2, 0.25) is 0 Å². The van der Waals surface area contributed by atoms with E-state index in [1.807, 2.05) is 0 Å². The van der Waals surface area contributed by atoms with Crippen LogP contribution < -0.4 is 0 Å². The maximum absolute atomic E-state index is 2.66. The number of hydrogen-bond acceptors (Lipinski definition) is 1. The van der Waals surface area contributed by atoms with E-state index < -0.39 is 0 Å². The molecule has 1 aliphatic rings. The number of quaternary nitrogens is 1. The van der Waals surface area contributed by atoms with E-state index >= 15 is 0 Å². The fourth-order valence-corrected chi connectivity index (χ4v) is 2.67. The van der Waals surface area contributed by atoms with Gasteiger partial charge in [-0.25, -0.2) is 0 Å². The molecule has 1 atom stereocenters. The Bertz CT molecular complexity index is 182. The predicted molar refractivity (Wildman–Crippen MR) is 71.4 cm³/mol. The fourth-order valence-electron chi connectivity index (χ4n) is 2.67. The third-order valence-corrected chi connectivity index (χ3v) is 3.88. The standard InChI is InChI=1S/C14H31N2/c1-4-6-8-9-12-16(3)13-11-15(14-16)10-7-5-2/h4-14H2,1-3H3/q+1. The highest BCUT2D eigenvalue weighted by Gasteiger charge is 2.31. The summed E-state index contributed by atoms with van der Waals surface area (Å²) >= 11 is 0. The molecule has 16 heavy (non-hydrogen) atoms. The summed E-state index contributed by atoms with van der Waals surface area (Å²) in [6, 6.07) is 0. The molecule has 1 rings (SSSR count). The molecule has 1 saturated heterocycles. The normalized spacial score (nSPS) is 26.4. The van der Waals surface area contributed by atoms with E-state index in [-0.39, 0.29) is 0 Å². The lowest BCUT2D eigenvalue weighted by molar-refractivity contribution is -0.902. The average Bonchev–Trinajstić information content (AvgIpc) is 2.64. The lowest BCUT2D eigenvalue weighted by atomic mass is 10.2. The second-order valence-corrected chi connectivity index (χ2v) is 5.74. The molecular formula is C14H31N2+. The van der Waals surface area contributed by atoms with Gasteiger partial charge in [-0.3, -0.25) is 4.90 Å². The minimum absolute atomic E-state index is 1.30. The van der Waals surface area contributed by atoms with Gasteiger partial charge in [-0.1, -0.05) is 33.1 Å². The van der Waals surface area contributed by atoms with Crippen molar-refractivity contribution in [2.24, 2.45) is 0 Å². The molecule has 0 radical (unpaired) electrons. The molecule has 96 valence electrons. The number of hydrogen-bond donors (Lipinski definition) is 0. The first-order chi connectivity index (χ1) is 7.70. The molecule has 0 saturated carbocycles. The van der Waals surface area contributed by atoms with E-state index in [0.29, 0.717) is 0 Å². The summed E-state index contributed by atoms with van der Waals surface area (Å²) in [6.07, 6.45) is 8.32. The van der Waals surface area contributed by atoms with Gasteiger partial charge in [-0.15, -0.1) is 0 Å². The third kappa shape index (κ3) is 4.84. The number of nitrogens with zero attached hydrogens (tertiary/aromatic N) is 2. The van der Waals surface area contributed by atoms with Crippen molar-refractivity contribution in [2.75, 3.05) is 39.9 Å². The molecule has 0 amide bonds. The zero-order valence-electron chi connectivity index (χ0n) is 11.7. The van der Waals surface area contributed by atoms with Crippen molar-refractivity contribution in [1.29, 1.82) is 0 Å². The van der Waals surface area contributed by atoms with Gasteiger partial charge in [0, 0.05) is 6.54 Å². The smallest absolute Gasteiger partial charge is 0.135 e. The SMILES string of the molecule is CCCCCC[N+]1(C)CCN(CCCC)C1. The van der Waals surface area contributed by atoms with Gasteiger partial charge < -0.3 is 4.48 Å². The van der Waals surface area contributed by atoms with E-state index in [2.05, 4.69) is 25.8 Å². The zero-order valence-corrected chi connectivity index (χ0v) is 11.7. The monoisotopic (exact) mass is 227 g/mol. The summed E-state index contributed by atoms with van der Waals surface area (Å²) < 4.78 is 1.30. The van der Waals surface area contributed by atoms with Gasteiger partial charge in [-0.2, -0.15) is 0 Å². The first-order valence-corrected chi connectivity index (χ1v) is 7.26. The van der Waals surface area contributed by atoms with Crippen molar-refractivity contribution in [1.82, 2.24) is 4.90 Å². The van der Waals surface area contributed by atoms with Crippen molar-refractivity contribution in [2.45, 2.75) is 52.4 Å². The first-order valence-electron chi connectivity index (χ1n) is 7.26. The molecule has 0 aromatic heterocycles. The fraction of sp³-hybridized carbons (Fsp3) is 1.00. The van der Waals surface area contributed by atoms with E-state index in [1.165, 1.54) is 75.9 Å². The Kier molecular flexibility index (Phi) is 6.37. The van der Waals surface area contributed by atoms with Crippen LogP contribution in [0.5, 0.6) is 0 Å². The second kappa shape index (κ2) is 7.29. The van der Waals surface area contributed by atoms with Crippen LogP contribution in [0, 0.1) is 0 Å². The van der Waals surface area contributed by atoms with Gasteiger partial charge >= 0.3 is 0 Å². The highest BCUT2D eigenvalue weighted by molar-refractivity contribution is 4.60. The predicted octanol–water partition coefficient (Wildman–Crippen LogP) is 3.09. The largest absolute Gasteiger partial charge is 0.312 e. The molecule has 1 fully saturated rings. The van der Waals surface area contributed by atoms with Crippen LogP contribution in [0.1, 0.15) is 52.4 Å². The molecule has 0 aliphatic carbocycles. The number of rotatable bonds is 8. The highest BCUT2D eigenvalue weighted by atomic mass is 15.5. The number of unbranched alkanes of at least 4 members (excludes halogenated alkanes) is 4. The minimum atomic E-state index is 1.30. The molecule has 1 aliphatic heterocycles. The van der Waals surface area contributed by atoms with Gasteiger partial charge in [0.1, 0.15) is 6.67 Å². The topological polar surface area (TPSA) is 3.24 Å². The molecule has 0 spiro atoms. The van der Waals surface area contributed by atoms with Crippen LogP contribution in [0.3, 0.4) is 0 Å². The molecule has 0 aromatic carbocycles. The van der Waals surface area contributed by atoms with Crippen molar-refractivity contribution in [3.63, 3.8) is 0 Å². The van der Waals surface area contributed by atoms with Crippen LogP contribution in [-0.4, -0.2) is 49.3 Å². The van der Waals surface area contributed by atoms with E-state index in [4.69, 9.17) is 0 Å². The van der Waals surface area contributed by atoms with Crippen molar-refractivity contribution >= 4 is 0 Å². The Morgan fingerprint density at radius 3 is 2.44 bits per heavy atom. The van der Waals surface area contributed by atoms with Gasteiger partial charge in [0.2, 0.25) is 0 Å². The Morgan fingerprint density at radius 2 is 1.75 bits per heavy atom. The van der Waals surface area contributed by atoms with Gasteiger partial charge in [0.25, 0.3) is 0 Å². The molecular weight excluding hydrogens is 196 g/mol. The molecule has 1 heterocycles. The zero-order chi connectivity index (χ0) is 11.9. The Morgan fingerprint density at radius 1 is 1.00 bits per heavy atom. The van der Waals surface area contributed by atoms with Crippen LogP contribution in [0.15, 0.2) is 0 Å². The second-order valence-electron chi connectivity index (χ2n) is 5.74. The van der Waals surface area contributed by atoms with Gasteiger partial charge in [0.15, 0.2) is 0 Å². The third-order valence-electron chi connectivity index (χ3n) is 3.88.